The molecule has 1 spiro atoms. The van der Waals surface area contributed by atoms with E-state index in [0.717, 1.165) is 51.6 Å². The van der Waals surface area contributed by atoms with Crippen molar-refractivity contribution in [1.29, 1.82) is 0 Å². The summed E-state index contributed by atoms with van der Waals surface area (Å²) in [4.78, 5) is 29.6. The fraction of sp³-hybridized carbons (Fsp3) is 0.652. The van der Waals surface area contributed by atoms with Crippen LogP contribution in [0.25, 0.3) is 0 Å². The van der Waals surface area contributed by atoms with Gasteiger partial charge in [-0.25, -0.2) is 9.69 Å². The number of nitrogens with zero attached hydrogens (tertiary/aromatic N) is 2. The van der Waals surface area contributed by atoms with Gasteiger partial charge in [0.05, 0.1) is 6.67 Å². The highest BCUT2D eigenvalue weighted by molar-refractivity contribution is 6.07. The van der Waals surface area contributed by atoms with E-state index < -0.39 is 5.54 Å². The average Bonchev–Trinajstić information content (AvgIpc) is 2.92. The minimum absolute atomic E-state index is 0.0101. The van der Waals surface area contributed by atoms with Crippen LogP contribution in [0.15, 0.2) is 24.3 Å². The van der Waals surface area contributed by atoms with Crippen LogP contribution in [-0.2, 0) is 17.8 Å². The van der Waals surface area contributed by atoms with Crippen molar-refractivity contribution < 1.29 is 9.59 Å². The third kappa shape index (κ3) is 3.34. The third-order valence-electron chi connectivity index (χ3n) is 7.65. The quantitative estimate of drug-likeness (QED) is 0.802. The zero-order valence-electron chi connectivity index (χ0n) is 17.5. The molecule has 2 aliphatic heterocycles. The molecular weight excluding hydrogens is 350 g/mol. The Morgan fingerprint density at radius 2 is 1.82 bits per heavy atom. The van der Waals surface area contributed by atoms with Crippen molar-refractivity contribution in [3.63, 3.8) is 0 Å². The Morgan fingerprint density at radius 1 is 1.14 bits per heavy atom. The first-order chi connectivity index (χ1) is 13.3. The number of nitrogens with one attached hydrogen (secondary N) is 1. The van der Waals surface area contributed by atoms with Crippen molar-refractivity contribution in [1.82, 2.24) is 15.1 Å². The number of hydrogen-bond acceptors (Lipinski definition) is 3. The molecule has 1 aliphatic carbocycles. The molecule has 28 heavy (non-hydrogen) atoms. The van der Waals surface area contributed by atoms with Crippen molar-refractivity contribution in [2.45, 2.75) is 71.4 Å². The molecule has 0 radical (unpaired) electrons. The number of amides is 3. The molecule has 0 unspecified atom stereocenters. The fourth-order valence-corrected chi connectivity index (χ4v) is 5.20. The van der Waals surface area contributed by atoms with Crippen LogP contribution in [0.3, 0.4) is 0 Å². The van der Waals surface area contributed by atoms with Crippen LogP contribution in [0.2, 0.25) is 0 Å². The molecule has 0 aromatic heterocycles. The minimum atomic E-state index is -0.662. The van der Waals surface area contributed by atoms with Crippen molar-refractivity contribution >= 4 is 11.9 Å². The van der Waals surface area contributed by atoms with Crippen molar-refractivity contribution in [2.24, 2.45) is 11.3 Å². The molecule has 3 aliphatic rings. The molecule has 1 aromatic rings. The fourth-order valence-electron chi connectivity index (χ4n) is 5.20. The lowest BCUT2D eigenvalue weighted by atomic mass is 9.65. The zero-order valence-corrected chi connectivity index (χ0v) is 17.5. The van der Waals surface area contributed by atoms with Crippen LogP contribution in [0.1, 0.15) is 64.0 Å². The van der Waals surface area contributed by atoms with Crippen LogP contribution >= 0.6 is 0 Å². The molecule has 0 atom stereocenters. The molecule has 2 fully saturated rings. The van der Waals surface area contributed by atoms with Gasteiger partial charge in [-0.05, 0) is 54.6 Å². The van der Waals surface area contributed by atoms with Crippen LogP contribution in [-0.4, -0.2) is 40.5 Å². The standard InChI is InChI=1S/C23H33N3O2/c1-4-22(2,3)19-9-12-23(13-10-19)20(27)26(21(28)24-23)16-25-14-11-17-7-5-6-8-18(17)15-25/h5-8,19H,4,9-16H2,1-3H3,(H,24,28). The predicted octanol–water partition coefficient (Wildman–Crippen LogP) is 3.92. The second kappa shape index (κ2) is 7.18. The molecule has 2 heterocycles. The first kappa shape index (κ1) is 19.4. The molecule has 152 valence electrons. The van der Waals surface area contributed by atoms with Gasteiger partial charge in [-0.1, -0.05) is 51.5 Å². The third-order valence-corrected chi connectivity index (χ3v) is 7.65. The lowest BCUT2D eigenvalue weighted by molar-refractivity contribution is -0.134. The Bertz CT molecular complexity index is 765. The molecule has 1 aromatic carbocycles. The number of carbonyl (C=O) groups is 2. The second-order valence-corrected chi connectivity index (χ2v) is 9.57. The smallest absolute Gasteiger partial charge is 0.323 e. The van der Waals surface area contributed by atoms with Gasteiger partial charge in [0.15, 0.2) is 0 Å². The average molecular weight is 384 g/mol. The number of hydrogen-bond donors (Lipinski definition) is 1. The number of rotatable bonds is 4. The topological polar surface area (TPSA) is 52.7 Å². The van der Waals surface area contributed by atoms with Gasteiger partial charge < -0.3 is 5.32 Å². The van der Waals surface area contributed by atoms with Gasteiger partial charge in [-0.15, -0.1) is 0 Å². The van der Waals surface area contributed by atoms with Gasteiger partial charge in [-0.3, -0.25) is 9.69 Å². The predicted molar refractivity (Wildman–Crippen MR) is 110 cm³/mol. The van der Waals surface area contributed by atoms with E-state index in [9.17, 15) is 9.59 Å². The first-order valence-electron chi connectivity index (χ1n) is 10.8. The largest absolute Gasteiger partial charge is 0.326 e. The second-order valence-electron chi connectivity index (χ2n) is 9.57. The van der Waals surface area contributed by atoms with Crippen LogP contribution < -0.4 is 5.32 Å². The molecule has 1 saturated heterocycles. The number of benzene rings is 1. The summed E-state index contributed by atoms with van der Waals surface area (Å²) in [6.07, 6.45) is 5.68. The van der Waals surface area contributed by atoms with E-state index in [1.54, 1.807) is 0 Å². The highest BCUT2D eigenvalue weighted by atomic mass is 16.2. The number of fused-ring (bicyclic) bond motifs is 1. The maximum absolute atomic E-state index is 13.3. The number of urea groups is 1. The maximum Gasteiger partial charge on any atom is 0.326 e. The summed E-state index contributed by atoms with van der Waals surface area (Å²) in [7, 11) is 0. The molecule has 0 bridgehead atoms. The number of imide groups is 1. The van der Waals surface area contributed by atoms with Crippen molar-refractivity contribution in [2.75, 3.05) is 13.2 Å². The summed E-state index contributed by atoms with van der Waals surface area (Å²) < 4.78 is 0. The Balaban J connectivity index is 1.41. The highest BCUT2D eigenvalue weighted by Crippen LogP contribution is 2.45. The van der Waals surface area contributed by atoms with E-state index in [2.05, 4.69) is 55.3 Å². The molecule has 5 heteroatoms. The number of carbonyl (C=O) groups excluding carboxylic acids is 2. The molecule has 3 amide bonds. The Kier molecular flexibility index (Phi) is 4.98. The lowest BCUT2D eigenvalue weighted by Crippen LogP contribution is -2.51. The van der Waals surface area contributed by atoms with Crippen LogP contribution in [0.5, 0.6) is 0 Å². The summed E-state index contributed by atoms with van der Waals surface area (Å²) in [6, 6.07) is 8.24. The van der Waals surface area contributed by atoms with E-state index in [1.807, 2.05) is 0 Å². The zero-order chi connectivity index (χ0) is 19.9. The van der Waals surface area contributed by atoms with Gasteiger partial charge in [0.2, 0.25) is 0 Å². The summed E-state index contributed by atoms with van der Waals surface area (Å²) in [5, 5.41) is 3.08. The van der Waals surface area contributed by atoms with Gasteiger partial charge in [0.25, 0.3) is 5.91 Å². The van der Waals surface area contributed by atoms with Gasteiger partial charge >= 0.3 is 6.03 Å². The molecule has 5 nitrogen and oxygen atoms in total. The van der Waals surface area contributed by atoms with Crippen molar-refractivity contribution in [3.8, 4) is 0 Å². The highest BCUT2D eigenvalue weighted by Gasteiger charge is 2.53. The molecule has 4 rings (SSSR count). The first-order valence-corrected chi connectivity index (χ1v) is 10.8. The monoisotopic (exact) mass is 383 g/mol. The minimum Gasteiger partial charge on any atom is -0.323 e. The van der Waals surface area contributed by atoms with Gasteiger partial charge in [-0.2, -0.15) is 0 Å². The summed E-state index contributed by atoms with van der Waals surface area (Å²) >= 11 is 0. The van der Waals surface area contributed by atoms with E-state index in [-0.39, 0.29) is 11.9 Å². The van der Waals surface area contributed by atoms with E-state index >= 15 is 0 Å². The van der Waals surface area contributed by atoms with Crippen LogP contribution in [0.4, 0.5) is 4.79 Å². The SMILES string of the molecule is CCC(C)(C)C1CCC2(CC1)NC(=O)N(CN1CCc3ccccc3C1)C2=O. The lowest BCUT2D eigenvalue weighted by Gasteiger charge is -2.42. The van der Waals surface area contributed by atoms with Gasteiger partial charge in [0.1, 0.15) is 5.54 Å². The molecule has 1 N–H and O–H groups in total. The van der Waals surface area contributed by atoms with E-state index in [0.29, 0.717) is 18.0 Å². The van der Waals surface area contributed by atoms with E-state index in [4.69, 9.17) is 0 Å². The van der Waals surface area contributed by atoms with Crippen molar-refractivity contribution in [3.05, 3.63) is 35.4 Å². The van der Waals surface area contributed by atoms with Gasteiger partial charge in [0, 0.05) is 13.1 Å². The normalized spacial score (nSPS) is 28.5. The van der Waals surface area contributed by atoms with E-state index in [1.165, 1.54) is 16.0 Å². The maximum atomic E-state index is 13.3. The molecular formula is C23H33N3O2. The summed E-state index contributed by atoms with van der Waals surface area (Å²) in [5.41, 5.74) is 2.32. The Labute approximate surface area is 168 Å². The van der Waals surface area contributed by atoms with Crippen LogP contribution in [0, 0.1) is 11.3 Å². The Hall–Kier alpha value is -1.88. The Morgan fingerprint density at radius 3 is 2.50 bits per heavy atom. The summed E-state index contributed by atoms with van der Waals surface area (Å²) in [6.45, 7) is 8.97. The molecule has 1 saturated carbocycles. The summed E-state index contributed by atoms with van der Waals surface area (Å²) in [5.74, 6) is 0.615.